The van der Waals surface area contributed by atoms with Crippen LogP contribution in [0.2, 0.25) is 0 Å². The van der Waals surface area contributed by atoms with Gasteiger partial charge in [-0.05, 0) is 6.92 Å². The molecule has 0 bridgehead atoms. The zero-order chi connectivity index (χ0) is 21.4. The van der Waals surface area contributed by atoms with Crippen molar-refractivity contribution in [2.75, 3.05) is 13.2 Å². The first kappa shape index (κ1) is 23.8. The van der Waals surface area contributed by atoms with Crippen molar-refractivity contribution in [1.82, 2.24) is 0 Å². The van der Waals surface area contributed by atoms with Gasteiger partial charge in [0, 0.05) is 0 Å². The van der Waals surface area contributed by atoms with Crippen LogP contribution in [0.1, 0.15) is 6.92 Å². The highest BCUT2D eigenvalue weighted by Crippen LogP contribution is 2.30. The molecule has 0 aromatic carbocycles. The molecule has 0 saturated carbocycles. The van der Waals surface area contributed by atoms with Crippen LogP contribution in [0.25, 0.3) is 0 Å². The Bertz CT molecular complexity index is 504. The minimum absolute atomic E-state index is 0.701. The van der Waals surface area contributed by atoms with Crippen LogP contribution in [0, 0.1) is 0 Å². The highest BCUT2D eigenvalue weighted by Gasteiger charge is 2.52. The molecule has 28 heavy (non-hydrogen) atoms. The summed E-state index contributed by atoms with van der Waals surface area (Å²) in [6, 6.07) is 0. The summed E-state index contributed by atoms with van der Waals surface area (Å²) in [4.78, 5) is 0. The van der Waals surface area contributed by atoms with Crippen molar-refractivity contribution < 1.29 is 65.3 Å². The lowest BCUT2D eigenvalue weighted by Gasteiger charge is -2.46. The zero-order valence-corrected chi connectivity index (χ0v) is 15.0. The largest absolute Gasteiger partial charge is 0.394 e. The van der Waals surface area contributed by atoms with Crippen LogP contribution < -0.4 is 0 Å². The molecule has 2 aliphatic heterocycles. The fraction of sp³-hybridized carbons (Fsp3) is 1.00. The van der Waals surface area contributed by atoms with Crippen molar-refractivity contribution in [2.24, 2.45) is 0 Å². The molecule has 2 rings (SSSR count). The van der Waals surface area contributed by atoms with E-state index in [1.165, 1.54) is 0 Å². The van der Waals surface area contributed by atoms with Crippen LogP contribution >= 0.6 is 0 Å². The topological polar surface area (TPSA) is 230 Å². The van der Waals surface area contributed by atoms with E-state index in [0.717, 1.165) is 6.92 Å². The van der Waals surface area contributed by atoms with Gasteiger partial charge in [0.2, 0.25) is 0 Å². The highest BCUT2D eigenvalue weighted by molar-refractivity contribution is 4.97. The van der Waals surface area contributed by atoms with Crippen LogP contribution in [-0.4, -0.2) is 137 Å². The Balaban J connectivity index is 2.01. The smallest absolute Gasteiger partial charge is 0.192 e. The van der Waals surface area contributed by atoms with Gasteiger partial charge >= 0.3 is 0 Å². The standard InChI is InChI=1S/C15H28O13/c1-15(25)13(24)9(22)8(21)12(28-15)5(18)3-26-14-10(23)6(19)7(20)11(27-14)4(17)2-16/h4-14,16-25H,2-3H2,1H3/t4-,5-,6-,7-,8-,9-,10-,11+,12+,13-,14-,15-/m0/s1. The van der Waals surface area contributed by atoms with Crippen molar-refractivity contribution in [3.63, 3.8) is 0 Å². The normalized spacial score (nSPS) is 49.6. The second kappa shape index (κ2) is 9.09. The zero-order valence-electron chi connectivity index (χ0n) is 15.0. The molecule has 12 atom stereocenters. The average molecular weight is 416 g/mol. The third-order valence-corrected chi connectivity index (χ3v) is 4.92. The van der Waals surface area contributed by atoms with Crippen molar-refractivity contribution in [1.29, 1.82) is 0 Å². The average Bonchev–Trinajstić information content (AvgIpc) is 2.66. The van der Waals surface area contributed by atoms with Crippen LogP contribution in [-0.2, 0) is 14.2 Å². The highest BCUT2D eigenvalue weighted by atomic mass is 16.7. The first-order chi connectivity index (χ1) is 12.9. The second-order valence-corrected chi connectivity index (χ2v) is 7.15. The van der Waals surface area contributed by atoms with Gasteiger partial charge in [-0.25, -0.2) is 0 Å². The van der Waals surface area contributed by atoms with E-state index in [9.17, 15) is 46.0 Å². The Morgan fingerprint density at radius 3 is 2.00 bits per heavy atom. The van der Waals surface area contributed by atoms with E-state index in [1.54, 1.807) is 0 Å². The summed E-state index contributed by atoms with van der Waals surface area (Å²) in [5, 5.41) is 97.7. The van der Waals surface area contributed by atoms with Crippen molar-refractivity contribution >= 4 is 0 Å². The van der Waals surface area contributed by atoms with Gasteiger partial charge in [0.15, 0.2) is 12.1 Å². The first-order valence-corrected chi connectivity index (χ1v) is 8.65. The summed E-state index contributed by atoms with van der Waals surface area (Å²) in [6.45, 7) is -0.496. The lowest BCUT2D eigenvalue weighted by molar-refractivity contribution is -0.356. The number of rotatable bonds is 6. The van der Waals surface area contributed by atoms with Gasteiger partial charge in [-0.2, -0.15) is 0 Å². The summed E-state index contributed by atoms with van der Waals surface area (Å²) in [6.07, 6.45) is -18.8. The van der Waals surface area contributed by atoms with E-state index in [-0.39, 0.29) is 0 Å². The Kier molecular flexibility index (Phi) is 7.72. The molecule has 0 unspecified atom stereocenters. The summed E-state index contributed by atoms with van der Waals surface area (Å²) < 4.78 is 15.3. The molecule has 0 radical (unpaired) electrons. The molecule has 13 heteroatoms. The molecular weight excluding hydrogens is 388 g/mol. The number of ether oxygens (including phenoxy) is 3. The Hall–Kier alpha value is -0.520. The molecule has 0 aromatic rings. The summed E-state index contributed by atoms with van der Waals surface area (Å²) in [7, 11) is 0. The summed E-state index contributed by atoms with van der Waals surface area (Å²) >= 11 is 0. The lowest BCUT2D eigenvalue weighted by Crippen LogP contribution is -2.66. The van der Waals surface area contributed by atoms with Crippen LogP contribution in [0.5, 0.6) is 0 Å². The van der Waals surface area contributed by atoms with Crippen molar-refractivity contribution in [2.45, 2.75) is 80.0 Å². The Morgan fingerprint density at radius 2 is 1.43 bits per heavy atom. The predicted molar refractivity (Wildman–Crippen MR) is 85.3 cm³/mol. The number of aliphatic hydroxyl groups is 10. The van der Waals surface area contributed by atoms with Gasteiger partial charge < -0.3 is 65.3 Å². The second-order valence-electron chi connectivity index (χ2n) is 7.15. The van der Waals surface area contributed by atoms with E-state index in [1.807, 2.05) is 0 Å². The van der Waals surface area contributed by atoms with Crippen LogP contribution in [0.4, 0.5) is 0 Å². The molecular formula is C15H28O13. The fourth-order valence-corrected chi connectivity index (χ4v) is 3.14. The van der Waals surface area contributed by atoms with Crippen LogP contribution in [0.15, 0.2) is 0 Å². The fourth-order valence-electron chi connectivity index (χ4n) is 3.14. The Morgan fingerprint density at radius 1 is 0.857 bits per heavy atom. The SMILES string of the molecule is C[C@]1(O)O[C@H]([C@@H](O)CO[C@H]2O[C@H]([C@@H](O)CO)[C@@H](O)[C@H](O)[C@@H]2O)[C@@H](O)[C@H](O)[C@@H]1O. The van der Waals surface area contributed by atoms with Gasteiger partial charge in [0.05, 0.1) is 13.2 Å². The molecule has 13 nitrogen and oxygen atoms in total. The minimum Gasteiger partial charge on any atom is -0.394 e. The van der Waals surface area contributed by atoms with Gasteiger partial charge in [-0.1, -0.05) is 0 Å². The van der Waals surface area contributed by atoms with Gasteiger partial charge in [-0.15, -0.1) is 0 Å². The molecule has 0 aromatic heterocycles. The molecule has 2 saturated heterocycles. The van der Waals surface area contributed by atoms with Crippen molar-refractivity contribution in [3.8, 4) is 0 Å². The van der Waals surface area contributed by atoms with Gasteiger partial charge in [-0.3, -0.25) is 0 Å². The van der Waals surface area contributed by atoms with E-state index in [2.05, 4.69) is 0 Å². The quantitative estimate of drug-likeness (QED) is 0.194. The third-order valence-electron chi connectivity index (χ3n) is 4.92. The molecule has 166 valence electrons. The number of hydrogen-bond donors (Lipinski definition) is 10. The molecule has 2 aliphatic rings. The molecule has 2 fully saturated rings. The van der Waals surface area contributed by atoms with E-state index in [0.29, 0.717) is 0 Å². The van der Waals surface area contributed by atoms with Gasteiger partial charge in [0.25, 0.3) is 0 Å². The molecule has 0 aliphatic carbocycles. The maximum absolute atomic E-state index is 10.2. The van der Waals surface area contributed by atoms with E-state index >= 15 is 0 Å². The first-order valence-electron chi connectivity index (χ1n) is 8.65. The maximum atomic E-state index is 10.2. The minimum atomic E-state index is -2.28. The maximum Gasteiger partial charge on any atom is 0.192 e. The third kappa shape index (κ3) is 4.62. The molecule has 0 amide bonds. The predicted octanol–water partition coefficient (Wildman–Crippen LogP) is -6.29. The lowest BCUT2D eigenvalue weighted by atomic mass is 9.91. The molecule has 10 N–H and O–H groups in total. The summed E-state index contributed by atoms with van der Waals surface area (Å²) in [5.74, 6) is -2.28. The summed E-state index contributed by atoms with van der Waals surface area (Å²) in [5.41, 5.74) is 0. The number of hydrogen-bond acceptors (Lipinski definition) is 13. The Labute approximate surface area is 159 Å². The monoisotopic (exact) mass is 416 g/mol. The van der Waals surface area contributed by atoms with E-state index < -0.39 is 86.3 Å². The molecule has 2 heterocycles. The number of aliphatic hydroxyl groups excluding tert-OH is 9. The molecule has 0 spiro atoms. The van der Waals surface area contributed by atoms with Gasteiger partial charge in [0.1, 0.15) is 61.0 Å². The van der Waals surface area contributed by atoms with Crippen molar-refractivity contribution in [3.05, 3.63) is 0 Å². The van der Waals surface area contributed by atoms with E-state index in [4.69, 9.17) is 19.3 Å². The van der Waals surface area contributed by atoms with Crippen LogP contribution in [0.3, 0.4) is 0 Å².